The fourth-order valence-electron chi connectivity index (χ4n) is 2.30. The average molecular weight is 339 g/mol. The topological polar surface area (TPSA) is 21.3 Å². The van der Waals surface area contributed by atoms with E-state index in [-0.39, 0.29) is 6.04 Å². The molecule has 0 radical (unpaired) electrons. The molecule has 1 aliphatic heterocycles. The van der Waals surface area contributed by atoms with E-state index in [0.717, 1.165) is 10.2 Å². The maximum Gasteiger partial charge on any atom is 0.0751 e. The van der Waals surface area contributed by atoms with Crippen LogP contribution >= 0.6 is 27.5 Å². The van der Waals surface area contributed by atoms with E-state index in [1.54, 1.807) is 0 Å². The average Bonchev–Trinajstić information content (AvgIpc) is 2.42. The summed E-state index contributed by atoms with van der Waals surface area (Å²) in [5, 5.41) is 4.16. The minimum absolute atomic E-state index is 0.142. The highest BCUT2D eigenvalue weighted by molar-refractivity contribution is 9.10. The van der Waals surface area contributed by atoms with E-state index < -0.39 is 0 Å². The first-order valence-corrected chi connectivity index (χ1v) is 7.28. The van der Waals surface area contributed by atoms with Gasteiger partial charge in [0.25, 0.3) is 0 Å². The summed E-state index contributed by atoms with van der Waals surface area (Å²) < 4.78 is 6.60. The van der Waals surface area contributed by atoms with E-state index >= 15 is 0 Å². The summed E-state index contributed by atoms with van der Waals surface area (Å²) in [5.74, 6) is 0. The summed E-state index contributed by atoms with van der Waals surface area (Å²) in [7, 11) is 0. The van der Waals surface area contributed by atoms with E-state index in [9.17, 15) is 0 Å². The number of halogens is 2. The van der Waals surface area contributed by atoms with Crippen molar-refractivity contribution in [1.82, 2.24) is 0 Å². The van der Waals surface area contributed by atoms with E-state index in [0.29, 0.717) is 18.2 Å². The van der Waals surface area contributed by atoms with E-state index in [1.807, 2.05) is 24.3 Å². The molecule has 1 aliphatic rings. The zero-order valence-electron chi connectivity index (χ0n) is 10.2. The van der Waals surface area contributed by atoms with Gasteiger partial charge in [-0.1, -0.05) is 51.8 Å². The van der Waals surface area contributed by atoms with Crippen LogP contribution in [0, 0.1) is 0 Å². The fraction of sp³-hybridized carbons (Fsp3) is 0.200. The number of benzene rings is 2. The van der Waals surface area contributed by atoms with E-state index in [2.05, 4.69) is 39.4 Å². The van der Waals surface area contributed by atoms with Gasteiger partial charge in [-0.05, 0) is 29.3 Å². The van der Waals surface area contributed by atoms with Crippen LogP contribution in [0.3, 0.4) is 0 Å². The smallest absolute Gasteiger partial charge is 0.0751 e. The Morgan fingerprint density at radius 3 is 2.89 bits per heavy atom. The second-order valence-electron chi connectivity index (χ2n) is 4.54. The summed E-state index contributed by atoms with van der Waals surface area (Å²) in [4.78, 5) is 0. The molecule has 1 N–H and O–H groups in total. The van der Waals surface area contributed by atoms with Crippen molar-refractivity contribution in [3.63, 3.8) is 0 Å². The lowest BCUT2D eigenvalue weighted by atomic mass is 9.99. The number of rotatable bonds is 2. The highest BCUT2D eigenvalue weighted by Gasteiger charge is 2.20. The Balaban J connectivity index is 1.88. The summed E-state index contributed by atoms with van der Waals surface area (Å²) >= 11 is 9.65. The molecule has 0 bridgehead atoms. The van der Waals surface area contributed by atoms with Gasteiger partial charge in [0.05, 0.1) is 30.0 Å². The van der Waals surface area contributed by atoms with Crippen LogP contribution in [0.2, 0.25) is 5.02 Å². The molecular formula is C15H13BrClNO. The third-order valence-electron chi connectivity index (χ3n) is 3.23. The third-order valence-corrected chi connectivity index (χ3v) is 4.04. The second-order valence-corrected chi connectivity index (χ2v) is 5.86. The molecule has 0 saturated carbocycles. The lowest BCUT2D eigenvalue weighted by molar-refractivity contribution is 0.0970. The Bertz CT molecular complexity index is 602. The minimum atomic E-state index is 0.142. The normalized spacial score (nSPS) is 17.9. The molecular weight excluding hydrogens is 326 g/mol. The van der Waals surface area contributed by atoms with Gasteiger partial charge in [0.1, 0.15) is 0 Å². The summed E-state index contributed by atoms with van der Waals surface area (Å²) in [6.07, 6.45) is 0. The molecule has 98 valence electrons. The van der Waals surface area contributed by atoms with Gasteiger partial charge in [-0.15, -0.1) is 0 Å². The Morgan fingerprint density at radius 2 is 2.05 bits per heavy atom. The maximum atomic E-state index is 6.24. The van der Waals surface area contributed by atoms with Crippen LogP contribution in [0.15, 0.2) is 46.9 Å². The van der Waals surface area contributed by atoms with Gasteiger partial charge in [0.15, 0.2) is 0 Å². The zero-order chi connectivity index (χ0) is 13.2. The first-order chi connectivity index (χ1) is 9.24. The standard InChI is InChI=1S/C15H13BrClNO/c16-11-5-6-14(13(17)7-11)18-15-9-19-8-10-3-1-2-4-12(10)15/h1-7,15,18H,8-9H2. The quantitative estimate of drug-likeness (QED) is 0.850. The molecule has 2 aromatic rings. The van der Waals surface area contributed by atoms with Crippen molar-refractivity contribution in [1.29, 1.82) is 0 Å². The van der Waals surface area contributed by atoms with Crippen LogP contribution in [-0.2, 0) is 11.3 Å². The SMILES string of the molecule is Clc1cc(Br)ccc1NC1COCc2ccccc21. The van der Waals surface area contributed by atoms with Crippen molar-refractivity contribution >= 4 is 33.2 Å². The molecule has 1 atom stereocenters. The van der Waals surface area contributed by atoms with Gasteiger partial charge < -0.3 is 10.1 Å². The number of nitrogens with one attached hydrogen (secondary N) is 1. The number of anilines is 1. The Morgan fingerprint density at radius 1 is 1.21 bits per heavy atom. The summed E-state index contributed by atoms with van der Waals surface area (Å²) in [6.45, 7) is 1.34. The Labute approximate surface area is 125 Å². The van der Waals surface area contributed by atoms with Gasteiger partial charge in [-0.2, -0.15) is 0 Å². The number of ether oxygens (including phenoxy) is 1. The molecule has 1 unspecified atom stereocenters. The summed E-state index contributed by atoms with van der Waals surface area (Å²) in [5.41, 5.74) is 3.45. The molecule has 0 saturated heterocycles. The predicted octanol–water partition coefficient (Wildman–Crippen LogP) is 4.79. The van der Waals surface area contributed by atoms with Crippen LogP contribution in [0.1, 0.15) is 17.2 Å². The molecule has 19 heavy (non-hydrogen) atoms. The molecule has 1 heterocycles. The minimum Gasteiger partial charge on any atom is -0.375 e. The molecule has 0 fully saturated rings. The lowest BCUT2D eigenvalue weighted by Gasteiger charge is -2.27. The van der Waals surface area contributed by atoms with Gasteiger partial charge in [0.2, 0.25) is 0 Å². The van der Waals surface area contributed by atoms with Gasteiger partial charge >= 0.3 is 0 Å². The van der Waals surface area contributed by atoms with Crippen molar-refractivity contribution in [2.24, 2.45) is 0 Å². The van der Waals surface area contributed by atoms with Gasteiger partial charge in [0, 0.05) is 4.47 Å². The van der Waals surface area contributed by atoms with E-state index in [1.165, 1.54) is 11.1 Å². The Hall–Kier alpha value is -1.03. The number of hydrogen-bond acceptors (Lipinski definition) is 2. The van der Waals surface area contributed by atoms with E-state index in [4.69, 9.17) is 16.3 Å². The molecule has 0 aromatic heterocycles. The molecule has 0 spiro atoms. The van der Waals surface area contributed by atoms with Crippen molar-refractivity contribution < 1.29 is 4.74 Å². The van der Waals surface area contributed by atoms with Crippen molar-refractivity contribution in [3.8, 4) is 0 Å². The highest BCUT2D eigenvalue weighted by atomic mass is 79.9. The van der Waals surface area contributed by atoms with Crippen molar-refractivity contribution in [2.45, 2.75) is 12.6 Å². The number of hydrogen-bond donors (Lipinski definition) is 1. The molecule has 0 aliphatic carbocycles. The van der Waals surface area contributed by atoms with Crippen LogP contribution < -0.4 is 5.32 Å². The first-order valence-electron chi connectivity index (χ1n) is 6.11. The van der Waals surface area contributed by atoms with Crippen molar-refractivity contribution in [2.75, 3.05) is 11.9 Å². The van der Waals surface area contributed by atoms with Crippen molar-refractivity contribution in [3.05, 3.63) is 63.1 Å². The molecule has 2 aromatic carbocycles. The third kappa shape index (κ3) is 2.78. The van der Waals surface area contributed by atoms with Gasteiger partial charge in [-0.25, -0.2) is 0 Å². The molecule has 2 nitrogen and oxygen atoms in total. The van der Waals surface area contributed by atoms with Crippen LogP contribution in [0.25, 0.3) is 0 Å². The fourth-order valence-corrected chi connectivity index (χ4v) is 3.02. The zero-order valence-corrected chi connectivity index (χ0v) is 12.5. The largest absolute Gasteiger partial charge is 0.375 e. The Kier molecular flexibility index (Phi) is 3.78. The highest BCUT2D eigenvalue weighted by Crippen LogP contribution is 2.32. The predicted molar refractivity (Wildman–Crippen MR) is 81.6 cm³/mol. The van der Waals surface area contributed by atoms with Crippen LogP contribution in [-0.4, -0.2) is 6.61 Å². The van der Waals surface area contributed by atoms with Crippen LogP contribution in [0.5, 0.6) is 0 Å². The number of fused-ring (bicyclic) bond motifs is 1. The first kappa shape index (κ1) is 13.0. The monoisotopic (exact) mass is 337 g/mol. The maximum absolute atomic E-state index is 6.24. The van der Waals surface area contributed by atoms with Crippen LogP contribution in [0.4, 0.5) is 5.69 Å². The molecule has 0 amide bonds. The molecule has 4 heteroatoms. The molecule has 3 rings (SSSR count). The second kappa shape index (κ2) is 5.53. The lowest BCUT2D eigenvalue weighted by Crippen LogP contribution is -2.23. The van der Waals surface area contributed by atoms with Gasteiger partial charge in [-0.3, -0.25) is 0 Å². The summed E-state index contributed by atoms with van der Waals surface area (Å²) in [6, 6.07) is 14.3.